The van der Waals surface area contributed by atoms with E-state index in [1.54, 1.807) is 0 Å². The van der Waals surface area contributed by atoms with Gasteiger partial charge in [0.05, 0.1) is 0 Å². The zero-order valence-corrected chi connectivity index (χ0v) is 14.7. The van der Waals surface area contributed by atoms with E-state index in [0.29, 0.717) is 12.5 Å². The minimum Gasteiger partial charge on any atom is -0.381 e. The number of amides is 1. The van der Waals surface area contributed by atoms with E-state index in [-0.39, 0.29) is 18.5 Å². The number of rotatable bonds is 5. The van der Waals surface area contributed by atoms with Gasteiger partial charge in [-0.15, -0.1) is 0 Å². The van der Waals surface area contributed by atoms with E-state index in [1.165, 1.54) is 16.4 Å². The summed E-state index contributed by atoms with van der Waals surface area (Å²) in [5.41, 5.74) is 1.91. The first kappa shape index (κ1) is 17.3. The number of piperidine rings is 1. The maximum Gasteiger partial charge on any atom is 0.426 e. The van der Waals surface area contributed by atoms with Crippen LogP contribution in [-0.2, 0) is 11.3 Å². The Balaban J connectivity index is 1.57. The minimum absolute atomic E-state index is 0.0243. The number of aromatic amines is 1. The third-order valence-electron chi connectivity index (χ3n) is 4.55. The number of hydrogen-bond acceptors (Lipinski definition) is 4. The molecule has 134 valence electrons. The Morgan fingerprint density at radius 2 is 2.16 bits per heavy atom. The van der Waals surface area contributed by atoms with E-state index in [1.807, 2.05) is 4.90 Å². The summed E-state index contributed by atoms with van der Waals surface area (Å²) in [6.07, 6.45) is 3.24. The van der Waals surface area contributed by atoms with Crippen molar-refractivity contribution in [2.24, 2.45) is 0 Å². The van der Waals surface area contributed by atoms with Crippen molar-refractivity contribution in [1.82, 2.24) is 10.2 Å². The molecule has 1 aliphatic heterocycles. The average molecular weight is 345 g/mol. The molecule has 0 radical (unpaired) electrons. The van der Waals surface area contributed by atoms with E-state index < -0.39 is 5.63 Å². The maximum atomic E-state index is 12.4. The second-order valence-corrected chi connectivity index (χ2v) is 6.87. The summed E-state index contributed by atoms with van der Waals surface area (Å²) in [4.78, 5) is 25.3. The Labute approximate surface area is 146 Å². The van der Waals surface area contributed by atoms with E-state index in [9.17, 15) is 9.59 Å². The van der Waals surface area contributed by atoms with Crippen LogP contribution in [0.4, 0.5) is 5.69 Å². The number of nitrogens with zero attached hydrogens (tertiary/aromatic N) is 2. The second kappa shape index (κ2) is 7.55. The third kappa shape index (κ3) is 4.49. The van der Waals surface area contributed by atoms with Gasteiger partial charge in [-0.2, -0.15) is 0 Å². The van der Waals surface area contributed by atoms with Gasteiger partial charge < -0.3 is 10.2 Å². The highest BCUT2D eigenvalue weighted by molar-refractivity contribution is 5.74. The molecule has 2 heterocycles. The third-order valence-corrected chi connectivity index (χ3v) is 4.55. The fraction of sp³-hybridized carbons (Fsp3) is 0.500. The lowest BCUT2D eigenvalue weighted by atomic mass is 10.0. The van der Waals surface area contributed by atoms with E-state index >= 15 is 0 Å². The molecule has 1 aromatic carbocycles. The van der Waals surface area contributed by atoms with Crippen LogP contribution in [0.25, 0.3) is 0 Å². The number of H-pyrrole nitrogens is 1. The fourth-order valence-electron chi connectivity index (χ4n) is 3.13. The van der Waals surface area contributed by atoms with Crippen molar-refractivity contribution in [3.63, 3.8) is 0 Å². The highest BCUT2D eigenvalue weighted by Crippen LogP contribution is 2.20. The molecule has 2 N–H and O–H groups in total. The number of hydrogen-bond donors (Lipinski definition) is 2. The Morgan fingerprint density at radius 1 is 1.40 bits per heavy atom. The van der Waals surface area contributed by atoms with Crippen molar-refractivity contribution >= 4 is 11.6 Å². The summed E-state index contributed by atoms with van der Waals surface area (Å²) in [5.74, 6) is 0.493. The quantitative estimate of drug-likeness (QED) is 0.804. The number of aromatic nitrogens is 2. The number of anilines is 1. The fourth-order valence-corrected chi connectivity index (χ4v) is 3.13. The van der Waals surface area contributed by atoms with E-state index in [4.69, 9.17) is 0 Å². The largest absolute Gasteiger partial charge is 0.426 e. The Kier molecular flexibility index (Phi) is 5.21. The lowest BCUT2D eigenvalue weighted by Gasteiger charge is -2.33. The minimum atomic E-state index is -0.490. The maximum absolute atomic E-state index is 12.4. The SMILES string of the molecule is CC(C)c1ccc(NC2CCCN(C(=O)C[n+]3cc(=O)o[nH]3)C2)cc1. The predicted octanol–water partition coefficient (Wildman–Crippen LogP) is 1.48. The van der Waals surface area contributed by atoms with Crippen molar-refractivity contribution in [1.29, 1.82) is 0 Å². The lowest BCUT2D eigenvalue weighted by molar-refractivity contribution is -0.751. The van der Waals surface area contributed by atoms with Crippen molar-refractivity contribution in [3.05, 3.63) is 46.4 Å². The number of likely N-dealkylation sites (tertiary alicyclic amines) is 1. The molecule has 25 heavy (non-hydrogen) atoms. The normalized spacial score (nSPS) is 17.7. The second-order valence-electron chi connectivity index (χ2n) is 6.87. The van der Waals surface area contributed by atoms with Gasteiger partial charge in [0.25, 0.3) is 18.6 Å². The zero-order chi connectivity index (χ0) is 17.8. The number of carbonyl (C=O) groups is 1. The van der Waals surface area contributed by atoms with Crippen molar-refractivity contribution < 1.29 is 14.0 Å². The number of carbonyl (C=O) groups excluding carboxylic acids is 1. The Hall–Kier alpha value is -2.57. The molecule has 1 fully saturated rings. The molecule has 0 bridgehead atoms. The zero-order valence-electron chi connectivity index (χ0n) is 14.7. The number of benzene rings is 1. The first-order valence-corrected chi connectivity index (χ1v) is 8.73. The summed E-state index contributed by atoms with van der Waals surface area (Å²) in [6.45, 7) is 5.84. The van der Waals surface area contributed by atoms with Crippen LogP contribution in [0.2, 0.25) is 0 Å². The van der Waals surface area contributed by atoms with Crippen molar-refractivity contribution in [2.75, 3.05) is 18.4 Å². The van der Waals surface area contributed by atoms with Crippen LogP contribution in [-0.4, -0.2) is 35.2 Å². The smallest absolute Gasteiger partial charge is 0.381 e. The molecule has 1 aliphatic rings. The average Bonchev–Trinajstić information content (AvgIpc) is 3.00. The van der Waals surface area contributed by atoms with Crippen LogP contribution in [0.3, 0.4) is 0 Å². The van der Waals surface area contributed by atoms with Gasteiger partial charge in [0, 0.05) is 24.8 Å². The molecule has 0 saturated carbocycles. The van der Waals surface area contributed by atoms with Gasteiger partial charge in [-0.1, -0.05) is 30.7 Å². The first-order valence-electron chi connectivity index (χ1n) is 8.73. The van der Waals surface area contributed by atoms with Crippen molar-refractivity contribution in [2.45, 2.75) is 45.2 Å². The molecule has 1 unspecified atom stereocenters. The summed E-state index contributed by atoms with van der Waals surface area (Å²) in [5, 5.41) is 5.93. The molecular weight excluding hydrogens is 320 g/mol. The molecular formula is C18H25N4O3+. The van der Waals surface area contributed by atoms with Crippen LogP contribution in [0.5, 0.6) is 0 Å². The highest BCUT2D eigenvalue weighted by Gasteiger charge is 2.26. The van der Waals surface area contributed by atoms with Gasteiger partial charge in [-0.05, 0) is 41.7 Å². The van der Waals surface area contributed by atoms with Gasteiger partial charge in [-0.3, -0.25) is 9.32 Å². The monoisotopic (exact) mass is 345 g/mol. The van der Waals surface area contributed by atoms with Crippen LogP contribution < -0.4 is 15.6 Å². The lowest BCUT2D eigenvalue weighted by Crippen LogP contribution is -2.51. The van der Waals surface area contributed by atoms with Crippen LogP contribution in [0.15, 0.2) is 39.8 Å². The van der Waals surface area contributed by atoms with Crippen LogP contribution >= 0.6 is 0 Å². The van der Waals surface area contributed by atoms with Crippen LogP contribution in [0, 0.1) is 0 Å². The molecule has 1 atom stereocenters. The van der Waals surface area contributed by atoms with Gasteiger partial charge in [0.15, 0.2) is 0 Å². The summed E-state index contributed by atoms with van der Waals surface area (Å²) >= 11 is 0. The summed E-state index contributed by atoms with van der Waals surface area (Å²) < 4.78 is 5.95. The van der Waals surface area contributed by atoms with Crippen LogP contribution in [0.1, 0.15) is 38.2 Å². The molecule has 7 nitrogen and oxygen atoms in total. The molecule has 7 heteroatoms. The first-order chi connectivity index (χ1) is 12.0. The van der Waals surface area contributed by atoms with Gasteiger partial charge in [-0.25, -0.2) is 4.79 Å². The van der Waals surface area contributed by atoms with E-state index in [2.05, 4.69) is 53.2 Å². The Morgan fingerprint density at radius 3 is 2.80 bits per heavy atom. The molecule has 2 aromatic rings. The molecule has 1 aromatic heterocycles. The van der Waals surface area contributed by atoms with Gasteiger partial charge in [0.1, 0.15) is 0 Å². The molecule has 0 aliphatic carbocycles. The number of nitrogens with one attached hydrogen (secondary N) is 2. The Bertz CT molecular complexity index is 763. The van der Waals surface area contributed by atoms with E-state index in [0.717, 1.165) is 25.1 Å². The van der Waals surface area contributed by atoms with Gasteiger partial charge in [0.2, 0.25) is 0 Å². The molecule has 1 saturated heterocycles. The molecule has 1 amide bonds. The summed E-state index contributed by atoms with van der Waals surface area (Å²) in [7, 11) is 0. The predicted molar refractivity (Wildman–Crippen MR) is 93.3 cm³/mol. The topological polar surface area (TPSA) is 82.2 Å². The molecule has 3 rings (SSSR count). The standard InChI is InChI=1S/C18H24N4O3/c1-13(2)14-5-7-15(8-6-14)19-16-4-3-9-21(10-16)17(23)11-22-12-18(24)25-20-22/h5-8,12-13,16,19H,3-4,9-11H2,1-2H3/p+1. The van der Waals surface area contributed by atoms with Gasteiger partial charge >= 0.3 is 5.63 Å². The molecule has 0 spiro atoms. The van der Waals surface area contributed by atoms with Crippen molar-refractivity contribution in [3.8, 4) is 0 Å². The summed E-state index contributed by atoms with van der Waals surface area (Å²) in [6, 6.07) is 8.72. The highest BCUT2D eigenvalue weighted by atomic mass is 16.5.